The molecule has 3 N–H and O–H groups in total. The van der Waals surface area contributed by atoms with Gasteiger partial charge in [-0.3, -0.25) is 4.79 Å². The molecule has 0 unspecified atom stereocenters. The molecule has 1 aliphatic carbocycles. The van der Waals surface area contributed by atoms with E-state index in [1.165, 1.54) is 0 Å². The Bertz CT molecular complexity index is 386. The van der Waals surface area contributed by atoms with E-state index in [4.69, 9.17) is 10.5 Å². The van der Waals surface area contributed by atoms with Crippen LogP contribution in [0.3, 0.4) is 0 Å². The van der Waals surface area contributed by atoms with Crippen LogP contribution in [0.5, 0.6) is 5.75 Å². The summed E-state index contributed by atoms with van der Waals surface area (Å²) in [5.74, 6) is 0.856. The monoisotopic (exact) mass is 206 g/mol. The molecule has 1 aliphatic rings. The Morgan fingerprint density at radius 3 is 2.87 bits per heavy atom. The molecule has 0 atom stereocenters. The number of anilines is 2. The van der Waals surface area contributed by atoms with Crippen LogP contribution in [-0.4, -0.2) is 13.0 Å². The largest absolute Gasteiger partial charge is 0.494 e. The van der Waals surface area contributed by atoms with Crippen molar-refractivity contribution in [2.75, 3.05) is 18.2 Å². The van der Waals surface area contributed by atoms with Crippen molar-refractivity contribution >= 4 is 17.3 Å². The maximum absolute atomic E-state index is 11.5. The number of amides is 1. The predicted molar refractivity (Wildman–Crippen MR) is 58.8 cm³/mol. The summed E-state index contributed by atoms with van der Waals surface area (Å²) in [5, 5.41) is 2.83. The lowest BCUT2D eigenvalue weighted by Gasteiger charge is -2.10. The third kappa shape index (κ3) is 2.21. The minimum Gasteiger partial charge on any atom is -0.494 e. The number of carbonyl (C=O) groups excluding carboxylic acids is 1. The van der Waals surface area contributed by atoms with E-state index < -0.39 is 0 Å². The number of rotatable bonds is 3. The van der Waals surface area contributed by atoms with E-state index in [1.54, 1.807) is 25.3 Å². The third-order valence-electron chi connectivity index (χ3n) is 2.43. The van der Waals surface area contributed by atoms with Crippen LogP contribution >= 0.6 is 0 Å². The summed E-state index contributed by atoms with van der Waals surface area (Å²) >= 11 is 0. The van der Waals surface area contributed by atoms with Crippen LogP contribution in [0.25, 0.3) is 0 Å². The van der Waals surface area contributed by atoms with Crippen LogP contribution in [0, 0.1) is 5.92 Å². The average Bonchev–Trinajstić information content (AvgIpc) is 3.04. The van der Waals surface area contributed by atoms with Gasteiger partial charge in [-0.15, -0.1) is 0 Å². The standard InChI is InChI=1S/C11H14N2O2/c1-15-10-6-8(12)4-5-9(10)13-11(14)7-2-3-7/h4-7H,2-3,12H2,1H3,(H,13,14). The van der Waals surface area contributed by atoms with Crippen LogP contribution in [-0.2, 0) is 4.79 Å². The molecular formula is C11H14N2O2. The van der Waals surface area contributed by atoms with Gasteiger partial charge in [0.15, 0.2) is 0 Å². The van der Waals surface area contributed by atoms with Crippen molar-refractivity contribution in [3.8, 4) is 5.75 Å². The summed E-state index contributed by atoms with van der Waals surface area (Å²) < 4.78 is 5.13. The van der Waals surface area contributed by atoms with Gasteiger partial charge in [-0.1, -0.05) is 0 Å². The maximum Gasteiger partial charge on any atom is 0.227 e. The van der Waals surface area contributed by atoms with Gasteiger partial charge < -0.3 is 15.8 Å². The Hall–Kier alpha value is -1.71. The van der Waals surface area contributed by atoms with Crippen molar-refractivity contribution in [1.29, 1.82) is 0 Å². The minimum absolute atomic E-state index is 0.0677. The highest BCUT2D eigenvalue weighted by Crippen LogP contribution is 2.32. The fourth-order valence-corrected chi connectivity index (χ4v) is 1.39. The second-order valence-corrected chi connectivity index (χ2v) is 3.72. The number of hydrogen-bond acceptors (Lipinski definition) is 3. The number of hydrogen-bond donors (Lipinski definition) is 2. The van der Waals surface area contributed by atoms with Gasteiger partial charge in [0.25, 0.3) is 0 Å². The van der Waals surface area contributed by atoms with Crippen molar-refractivity contribution in [3.63, 3.8) is 0 Å². The molecule has 1 aromatic carbocycles. The van der Waals surface area contributed by atoms with Crippen LogP contribution in [0.15, 0.2) is 18.2 Å². The molecule has 0 heterocycles. The molecule has 0 aliphatic heterocycles. The Morgan fingerprint density at radius 1 is 1.53 bits per heavy atom. The smallest absolute Gasteiger partial charge is 0.227 e. The van der Waals surface area contributed by atoms with Crippen molar-refractivity contribution in [2.24, 2.45) is 5.92 Å². The molecule has 0 radical (unpaired) electrons. The topological polar surface area (TPSA) is 64.3 Å². The van der Waals surface area contributed by atoms with Gasteiger partial charge in [0.1, 0.15) is 5.75 Å². The van der Waals surface area contributed by atoms with Crippen LogP contribution in [0.1, 0.15) is 12.8 Å². The SMILES string of the molecule is COc1cc(N)ccc1NC(=O)C1CC1. The zero-order valence-electron chi connectivity index (χ0n) is 8.62. The highest BCUT2D eigenvalue weighted by atomic mass is 16.5. The Morgan fingerprint density at radius 2 is 2.27 bits per heavy atom. The quantitative estimate of drug-likeness (QED) is 0.739. The zero-order valence-corrected chi connectivity index (χ0v) is 8.62. The molecule has 1 aromatic rings. The van der Waals surface area contributed by atoms with Crippen molar-refractivity contribution in [3.05, 3.63) is 18.2 Å². The van der Waals surface area contributed by atoms with Crippen molar-refractivity contribution < 1.29 is 9.53 Å². The molecule has 0 bridgehead atoms. The second kappa shape index (κ2) is 3.81. The molecule has 1 saturated carbocycles. The van der Waals surface area contributed by atoms with E-state index >= 15 is 0 Å². The molecule has 0 saturated heterocycles. The summed E-state index contributed by atoms with van der Waals surface area (Å²) in [6, 6.07) is 5.20. The van der Waals surface area contributed by atoms with Gasteiger partial charge in [-0.2, -0.15) is 0 Å². The summed E-state index contributed by atoms with van der Waals surface area (Å²) in [6.45, 7) is 0. The molecule has 1 fully saturated rings. The van der Waals surface area contributed by atoms with Gasteiger partial charge >= 0.3 is 0 Å². The first-order valence-electron chi connectivity index (χ1n) is 4.95. The average molecular weight is 206 g/mol. The highest BCUT2D eigenvalue weighted by Gasteiger charge is 2.29. The predicted octanol–water partition coefficient (Wildman–Crippen LogP) is 1.63. The fourth-order valence-electron chi connectivity index (χ4n) is 1.39. The van der Waals surface area contributed by atoms with Gasteiger partial charge in [-0.05, 0) is 25.0 Å². The number of nitrogen functional groups attached to an aromatic ring is 1. The number of methoxy groups -OCH3 is 1. The summed E-state index contributed by atoms with van der Waals surface area (Å²) in [6.07, 6.45) is 1.98. The van der Waals surface area contributed by atoms with E-state index in [2.05, 4.69) is 5.32 Å². The highest BCUT2D eigenvalue weighted by molar-refractivity contribution is 5.95. The number of carbonyl (C=O) groups is 1. The molecule has 0 aromatic heterocycles. The van der Waals surface area contributed by atoms with Crippen LogP contribution in [0.2, 0.25) is 0 Å². The number of nitrogens with one attached hydrogen (secondary N) is 1. The lowest BCUT2D eigenvalue weighted by atomic mass is 10.2. The normalized spacial score (nSPS) is 14.7. The fraction of sp³-hybridized carbons (Fsp3) is 0.364. The summed E-state index contributed by atoms with van der Waals surface area (Å²) in [4.78, 5) is 11.5. The first kappa shape index (κ1) is 9.83. The van der Waals surface area contributed by atoms with Gasteiger partial charge in [0.05, 0.1) is 12.8 Å². The van der Waals surface area contributed by atoms with E-state index in [1.807, 2.05) is 0 Å². The lowest BCUT2D eigenvalue weighted by Crippen LogP contribution is -2.14. The molecule has 0 spiro atoms. The Kier molecular flexibility index (Phi) is 2.49. The minimum atomic E-state index is 0.0677. The zero-order chi connectivity index (χ0) is 10.8. The number of nitrogens with two attached hydrogens (primary N) is 1. The number of benzene rings is 1. The molecule has 80 valence electrons. The van der Waals surface area contributed by atoms with E-state index in [0.717, 1.165) is 12.8 Å². The molecule has 4 nitrogen and oxygen atoms in total. The van der Waals surface area contributed by atoms with E-state index in [-0.39, 0.29) is 11.8 Å². The van der Waals surface area contributed by atoms with Gasteiger partial charge in [0, 0.05) is 17.7 Å². The van der Waals surface area contributed by atoms with Crippen molar-refractivity contribution in [1.82, 2.24) is 0 Å². The van der Waals surface area contributed by atoms with Crippen molar-refractivity contribution in [2.45, 2.75) is 12.8 Å². The van der Waals surface area contributed by atoms with E-state index in [9.17, 15) is 4.79 Å². The molecular weight excluding hydrogens is 192 g/mol. The van der Waals surface area contributed by atoms with Gasteiger partial charge in [0.2, 0.25) is 5.91 Å². The molecule has 1 amide bonds. The summed E-state index contributed by atoms with van der Waals surface area (Å²) in [7, 11) is 1.56. The Labute approximate surface area is 88.4 Å². The first-order chi connectivity index (χ1) is 7.20. The number of ether oxygens (including phenoxy) is 1. The maximum atomic E-state index is 11.5. The first-order valence-corrected chi connectivity index (χ1v) is 4.95. The van der Waals surface area contributed by atoms with Gasteiger partial charge in [-0.25, -0.2) is 0 Å². The Balaban J connectivity index is 2.15. The third-order valence-corrected chi connectivity index (χ3v) is 2.43. The van der Waals surface area contributed by atoms with E-state index in [0.29, 0.717) is 17.1 Å². The molecule has 2 rings (SSSR count). The second-order valence-electron chi connectivity index (χ2n) is 3.72. The lowest BCUT2D eigenvalue weighted by molar-refractivity contribution is -0.117. The van der Waals surface area contributed by atoms with Crippen LogP contribution in [0.4, 0.5) is 11.4 Å². The summed E-state index contributed by atoms with van der Waals surface area (Å²) in [5.41, 5.74) is 6.92. The van der Waals surface area contributed by atoms with Crippen LogP contribution < -0.4 is 15.8 Å². The molecule has 4 heteroatoms. The molecule has 15 heavy (non-hydrogen) atoms.